The Labute approximate surface area is 126 Å². The van der Waals surface area contributed by atoms with Crippen LogP contribution in [0.3, 0.4) is 0 Å². The van der Waals surface area contributed by atoms with Crippen molar-refractivity contribution in [1.29, 1.82) is 0 Å². The Morgan fingerprint density at radius 3 is 2.43 bits per heavy atom. The van der Waals surface area contributed by atoms with Crippen LogP contribution in [0.4, 0.5) is 0 Å². The van der Waals surface area contributed by atoms with Crippen LogP contribution in [-0.2, 0) is 19.4 Å². The average molecular weight is 319 g/mol. The van der Waals surface area contributed by atoms with E-state index in [0.29, 0.717) is 19.5 Å². The predicted molar refractivity (Wildman–Crippen MR) is 80.6 cm³/mol. The highest BCUT2D eigenvalue weighted by atomic mass is 32.2. The fourth-order valence-corrected chi connectivity index (χ4v) is 4.12. The van der Waals surface area contributed by atoms with Crippen LogP contribution < -0.4 is 5.32 Å². The molecule has 1 atom stereocenters. The van der Waals surface area contributed by atoms with E-state index in [2.05, 4.69) is 5.32 Å². The summed E-state index contributed by atoms with van der Waals surface area (Å²) in [4.78, 5) is 27.3. The molecule has 0 bridgehead atoms. The number of nitrogens with one attached hydrogen (secondary N) is 1. The summed E-state index contributed by atoms with van der Waals surface area (Å²) in [5, 5.41) is 2.59. The monoisotopic (exact) mass is 319 g/mol. The molecule has 21 heavy (non-hydrogen) atoms. The minimum atomic E-state index is -3.07. The van der Waals surface area contributed by atoms with E-state index in [1.807, 2.05) is 19.0 Å². The molecule has 1 aliphatic rings. The Morgan fingerprint density at radius 1 is 1.29 bits per heavy atom. The predicted octanol–water partition coefficient (Wildman–Crippen LogP) is -0.910. The molecule has 1 aliphatic heterocycles. The SMILES string of the molecule is CCN(C(=O)C(=O)NCCCN(C)C)C1CCS(=O)(=O)C1. The van der Waals surface area contributed by atoms with E-state index in [1.54, 1.807) is 6.92 Å². The van der Waals surface area contributed by atoms with Crippen molar-refractivity contribution in [3.63, 3.8) is 0 Å². The summed E-state index contributed by atoms with van der Waals surface area (Å²) in [5.74, 6) is -1.24. The lowest BCUT2D eigenvalue weighted by molar-refractivity contribution is -0.147. The molecule has 0 aromatic rings. The Morgan fingerprint density at radius 2 is 1.95 bits per heavy atom. The number of amides is 2. The van der Waals surface area contributed by atoms with Gasteiger partial charge in [-0.1, -0.05) is 0 Å². The van der Waals surface area contributed by atoms with E-state index in [1.165, 1.54) is 4.90 Å². The smallest absolute Gasteiger partial charge is 0.312 e. The van der Waals surface area contributed by atoms with Crippen LogP contribution in [0.25, 0.3) is 0 Å². The largest absolute Gasteiger partial charge is 0.348 e. The fraction of sp³-hybridized carbons (Fsp3) is 0.846. The maximum Gasteiger partial charge on any atom is 0.312 e. The Balaban J connectivity index is 2.49. The van der Waals surface area contributed by atoms with Gasteiger partial charge in [0, 0.05) is 19.1 Å². The highest BCUT2D eigenvalue weighted by Gasteiger charge is 2.35. The average Bonchev–Trinajstić information content (AvgIpc) is 2.75. The lowest BCUT2D eigenvalue weighted by Crippen LogP contribution is -2.48. The number of nitrogens with zero attached hydrogens (tertiary/aromatic N) is 2. The third-order valence-electron chi connectivity index (χ3n) is 3.51. The van der Waals surface area contributed by atoms with E-state index in [4.69, 9.17) is 0 Å². The highest BCUT2D eigenvalue weighted by Crippen LogP contribution is 2.17. The van der Waals surface area contributed by atoms with Crippen molar-refractivity contribution in [3.8, 4) is 0 Å². The van der Waals surface area contributed by atoms with Crippen molar-refractivity contribution in [2.24, 2.45) is 0 Å². The van der Waals surface area contributed by atoms with Crippen molar-refractivity contribution in [2.45, 2.75) is 25.8 Å². The van der Waals surface area contributed by atoms with E-state index in [-0.39, 0.29) is 17.5 Å². The van der Waals surface area contributed by atoms with Crippen LogP contribution in [0.5, 0.6) is 0 Å². The summed E-state index contributed by atoms with van der Waals surface area (Å²) in [6.45, 7) is 3.35. The second-order valence-electron chi connectivity index (χ2n) is 5.56. The molecule has 1 rings (SSSR count). The third-order valence-corrected chi connectivity index (χ3v) is 5.26. The van der Waals surface area contributed by atoms with Gasteiger partial charge in [0.25, 0.3) is 0 Å². The Kier molecular flexibility index (Phi) is 6.60. The minimum absolute atomic E-state index is 0.0412. The van der Waals surface area contributed by atoms with Gasteiger partial charge >= 0.3 is 11.8 Å². The second kappa shape index (κ2) is 7.74. The van der Waals surface area contributed by atoms with Crippen LogP contribution in [-0.4, -0.2) is 81.3 Å². The molecule has 8 heteroatoms. The molecule has 122 valence electrons. The van der Waals surface area contributed by atoms with E-state index >= 15 is 0 Å². The topological polar surface area (TPSA) is 86.8 Å². The van der Waals surface area contributed by atoms with Crippen LogP contribution >= 0.6 is 0 Å². The summed E-state index contributed by atoms with van der Waals surface area (Å²) in [6.07, 6.45) is 1.17. The van der Waals surface area contributed by atoms with E-state index in [0.717, 1.165) is 13.0 Å². The first kappa shape index (κ1) is 17.9. The lowest BCUT2D eigenvalue weighted by atomic mass is 10.2. The van der Waals surface area contributed by atoms with Gasteiger partial charge in [0.1, 0.15) is 0 Å². The summed E-state index contributed by atoms with van der Waals surface area (Å²) in [7, 11) is 0.802. The second-order valence-corrected chi connectivity index (χ2v) is 7.79. The molecule has 1 fully saturated rings. The first-order valence-corrected chi connectivity index (χ1v) is 9.03. The summed E-state index contributed by atoms with van der Waals surface area (Å²) >= 11 is 0. The van der Waals surface area contributed by atoms with Crippen LogP contribution in [0.2, 0.25) is 0 Å². The third kappa shape index (κ3) is 5.62. The number of rotatable bonds is 6. The maximum atomic E-state index is 12.1. The molecule has 1 heterocycles. The van der Waals surface area contributed by atoms with Crippen LogP contribution in [0, 0.1) is 0 Å². The van der Waals surface area contributed by atoms with Crippen molar-refractivity contribution in [2.75, 3.05) is 45.2 Å². The molecule has 0 aromatic heterocycles. The van der Waals surface area contributed by atoms with Gasteiger partial charge in [-0.05, 0) is 40.4 Å². The number of hydrogen-bond acceptors (Lipinski definition) is 5. The number of likely N-dealkylation sites (N-methyl/N-ethyl adjacent to an activating group) is 1. The quantitative estimate of drug-likeness (QED) is 0.506. The summed E-state index contributed by atoms with van der Waals surface area (Å²) < 4.78 is 23.0. The zero-order valence-electron chi connectivity index (χ0n) is 13.0. The van der Waals surface area contributed by atoms with Crippen LogP contribution in [0.15, 0.2) is 0 Å². The van der Waals surface area contributed by atoms with Gasteiger partial charge in [0.15, 0.2) is 9.84 Å². The molecule has 1 N–H and O–H groups in total. The molecule has 7 nitrogen and oxygen atoms in total. The van der Waals surface area contributed by atoms with Gasteiger partial charge in [-0.25, -0.2) is 8.42 Å². The van der Waals surface area contributed by atoms with Gasteiger partial charge in [0.2, 0.25) is 0 Å². The number of hydrogen-bond donors (Lipinski definition) is 1. The van der Waals surface area contributed by atoms with Crippen molar-refractivity contribution < 1.29 is 18.0 Å². The van der Waals surface area contributed by atoms with Gasteiger partial charge in [-0.15, -0.1) is 0 Å². The molecule has 0 saturated carbocycles. The summed E-state index contributed by atoms with van der Waals surface area (Å²) in [6, 6.07) is -0.375. The molecule has 1 saturated heterocycles. The zero-order chi connectivity index (χ0) is 16.0. The van der Waals surface area contributed by atoms with Crippen molar-refractivity contribution in [1.82, 2.24) is 15.1 Å². The Bertz CT molecular complexity index is 476. The first-order chi connectivity index (χ1) is 9.76. The van der Waals surface area contributed by atoms with Crippen molar-refractivity contribution >= 4 is 21.7 Å². The Hall–Kier alpha value is -1.15. The van der Waals surface area contributed by atoms with Gasteiger partial charge in [-0.2, -0.15) is 0 Å². The fourth-order valence-electron chi connectivity index (χ4n) is 2.39. The molecule has 0 aliphatic carbocycles. The van der Waals surface area contributed by atoms with Gasteiger partial charge < -0.3 is 15.1 Å². The lowest BCUT2D eigenvalue weighted by Gasteiger charge is -2.26. The summed E-state index contributed by atoms with van der Waals surface area (Å²) in [5.41, 5.74) is 0. The molecule has 2 amide bonds. The first-order valence-electron chi connectivity index (χ1n) is 7.20. The molecular weight excluding hydrogens is 294 g/mol. The minimum Gasteiger partial charge on any atom is -0.348 e. The standard InChI is InChI=1S/C13H25N3O4S/c1-4-16(11-6-9-21(19,20)10-11)13(18)12(17)14-7-5-8-15(2)3/h11H,4-10H2,1-3H3,(H,14,17). The number of carbonyl (C=O) groups excluding carboxylic acids is 2. The van der Waals surface area contributed by atoms with Gasteiger partial charge in [0.05, 0.1) is 11.5 Å². The molecule has 0 spiro atoms. The number of sulfone groups is 1. The molecule has 0 radical (unpaired) electrons. The van der Waals surface area contributed by atoms with E-state index in [9.17, 15) is 18.0 Å². The number of carbonyl (C=O) groups is 2. The highest BCUT2D eigenvalue weighted by molar-refractivity contribution is 7.91. The van der Waals surface area contributed by atoms with E-state index < -0.39 is 21.7 Å². The molecule has 1 unspecified atom stereocenters. The van der Waals surface area contributed by atoms with Crippen molar-refractivity contribution in [3.05, 3.63) is 0 Å². The molecular formula is C13H25N3O4S. The van der Waals surface area contributed by atoms with Crippen LogP contribution in [0.1, 0.15) is 19.8 Å². The normalized spacial score (nSPS) is 20.5. The zero-order valence-corrected chi connectivity index (χ0v) is 13.8. The molecule has 0 aromatic carbocycles. The maximum absolute atomic E-state index is 12.1. The van der Waals surface area contributed by atoms with Gasteiger partial charge in [-0.3, -0.25) is 9.59 Å².